The summed E-state index contributed by atoms with van der Waals surface area (Å²) in [6.07, 6.45) is 1.05. The average Bonchev–Trinajstić information content (AvgIpc) is 3.09. The van der Waals surface area contributed by atoms with Crippen LogP contribution in [0.4, 0.5) is 0 Å². The molecule has 3 aromatic rings. The third kappa shape index (κ3) is 4.86. The lowest BCUT2D eigenvalue weighted by Gasteiger charge is -2.15. The summed E-state index contributed by atoms with van der Waals surface area (Å²) in [5.41, 5.74) is 6.12. The van der Waals surface area contributed by atoms with Crippen molar-refractivity contribution in [1.29, 1.82) is 0 Å². The largest absolute Gasteiger partial charge is 0.488 e. The van der Waals surface area contributed by atoms with E-state index in [0.717, 1.165) is 50.3 Å². The molecule has 0 amide bonds. The van der Waals surface area contributed by atoms with E-state index >= 15 is 0 Å². The van der Waals surface area contributed by atoms with Crippen LogP contribution < -0.4 is 4.74 Å². The van der Waals surface area contributed by atoms with Gasteiger partial charge in [-0.1, -0.05) is 12.0 Å². The lowest BCUT2D eigenvalue weighted by Crippen LogP contribution is -2.06. The fourth-order valence-electron chi connectivity index (χ4n) is 3.58. The second kappa shape index (κ2) is 9.54. The fraction of sp³-hybridized carbons (Fsp3) is 0.346. The van der Waals surface area contributed by atoms with E-state index in [0.29, 0.717) is 26.1 Å². The van der Waals surface area contributed by atoms with E-state index in [1.165, 1.54) is 0 Å². The molecular weight excluding hydrogens is 376 g/mol. The van der Waals surface area contributed by atoms with Crippen LogP contribution in [0.1, 0.15) is 53.8 Å². The maximum atomic E-state index is 11.7. The van der Waals surface area contributed by atoms with Gasteiger partial charge in [-0.25, -0.2) is 0 Å². The molecule has 30 heavy (non-hydrogen) atoms. The lowest BCUT2D eigenvalue weighted by molar-refractivity contribution is -0.143. The molecule has 0 saturated carbocycles. The first-order chi connectivity index (χ1) is 14.4. The topological polar surface area (TPSA) is 48.7 Å². The molecule has 0 bridgehead atoms. The normalized spacial score (nSPS) is 10.6. The Morgan fingerprint density at radius 2 is 1.87 bits per heavy atom. The van der Waals surface area contributed by atoms with Gasteiger partial charge in [0.05, 0.1) is 6.61 Å². The SMILES string of the molecule is CC#Cc1cc(COc2ccc(CCC(=O)OCC)c(C)c2C)c2oc(C)cc2c1. The Morgan fingerprint density at radius 1 is 1.07 bits per heavy atom. The quantitative estimate of drug-likeness (QED) is 0.369. The number of hydrogen-bond donors (Lipinski definition) is 0. The van der Waals surface area contributed by atoms with Gasteiger partial charge in [-0.2, -0.15) is 0 Å². The Hall–Kier alpha value is -3.19. The highest BCUT2D eigenvalue weighted by Gasteiger charge is 2.13. The van der Waals surface area contributed by atoms with Gasteiger partial charge in [-0.15, -0.1) is 5.92 Å². The van der Waals surface area contributed by atoms with Gasteiger partial charge in [-0.3, -0.25) is 4.79 Å². The second-order valence-electron chi connectivity index (χ2n) is 7.35. The third-order valence-corrected chi connectivity index (χ3v) is 5.22. The van der Waals surface area contributed by atoms with Gasteiger partial charge < -0.3 is 13.9 Å². The summed E-state index contributed by atoms with van der Waals surface area (Å²) >= 11 is 0. The van der Waals surface area contributed by atoms with Crippen LogP contribution in [0.5, 0.6) is 5.75 Å². The minimum atomic E-state index is -0.164. The van der Waals surface area contributed by atoms with Crippen LogP contribution in [-0.2, 0) is 22.6 Å². The molecule has 4 nitrogen and oxygen atoms in total. The van der Waals surface area contributed by atoms with E-state index in [9.17, 15) is 4.79 Å². The summed E-state index contributed by atoms with van der Waals surface area (Å²) in [6, 6.07) is 10.1. The number of fused-ring (bicyclic) bond motifs is 1. The van der Waals surface area contributed by atoms with Gasteiger partial charge in [0.25, 0.3) is 0 Å². The molecular formula is C26H28O4. The number of carbonyl (C=O) groups excluding carboxylic acids is 1. The molecule has 2 aromatic carbocycles. The number of ether oxygens (including phenoxy) is 2. The summed E-state index contributed by atoms with van der Waals surface area (Å²) in [5, 5.41) is 1.04. The van der Waals surface area contributed by atoms with Crippen molar-refractivity contribution in [2.75, 3.05) is 6.61 Å². The molecule has 156 valence electrons. The zero-order valence-electron chi connectivity index (χ0n) is 18.3. The van der Waals surface area contributed by atoms with Crippen LogP contribution in [0.25, 0.3) is 11.0 Å². The van der Waals surface area contributed by atoms with Crippen molar-refractivity contribution in [3.63, 3.8) is 0 Å². The number of esters is 1. The van der Waals surface area contributed by atoms with Crippen LogP contribution in [0.15, 0.2) is 34.7 Å². The Bertz CT molecular complexity index is 1130. The number of carbonyl (C=O) groups is 1. The van der Waals surface area contributed by atoms with Gasteiger partial charge in [-0.05, 0) is 82.0 Å². The Labute approximate surface area is 178 Å². The highest BCUT2D eigenvalue weighted by Crippen LogP contribution is 2.29. The van der Waals surface area contributed by atoms with Crippen molar-refractivity contribution in [1.82, 2.24) is 0 Å². The number of benzene rings is 2. The molecule has 1 heterocycles. The van der Waals surface area contributed by atoms with Crippen LogP contribution in [0.3, 0.4) is 0 Å². The minimum absolute atomic E-state index is 0.164. The predicted octanol–water partition coefficient (Wildman–Crippen LogP) is 5.80. The molecule has 0 aliphatic rings. The van der Waals surface area contributed by atoms with E-state index in [2.05, 4.69) is 18.8 Å². The van der Waals surface area contributed by atoms with E-state index in [4.69, 9.17) is 13.9 Å². The zero-order valence-corrected chi connectivity index (χ0v) is 18.3. The molecule has 0 saturated heterocycles. The second-order valence-corrected chi connectivity index (χ2v) is 7.35. The molecule has 0 aliphatic heterocycles. The van der Waals surface area contributed by atoms with Crippen molar-refractivity contribution in [3.05, 3.63) is 63.9 Å². The van der Waals surface area contributed by atoms with Crippen LogP contribution >= 0.6 is 0 Å². The highest BCUT2D eigenvalue weighted by molar-refractivity contribution is 5.83. The predicted molar refractivity (Wildman–Crippen MR) is 119 cm³/mol. The smallest absolute Gasteiger partial charge is 0.306 e. The Balaban J connectivity index is 1.79. The monoisotopic (exact) mass is 404 g/mol. The van der Waals surface area contributed by atoms with Crippen molar-refractivity contribution in [3.8, 4) is 17.6 Å². The molecule has 0 unspecified atom stereocenters. The van der Waals surface area contributed by atoms with Gasteiger partial charge in [0.1, 0.15) is 23.7 Å². The van der Waals surface area contributed by atoms with Gasteiger partial charge >= 0.3 is 5.97 Å². The Kier molecular flexibility index (Phi) is 6.84. The van der Waals surface area contributed by atoms with E-state index in [1.807, 2.05) is 58.0 Å². The molecule has 0 N–H and O–H groups in total. The van der Waals surface area contributed by atoms with E-state index in [1.54, 1.807) is 0 Å². The van der Waals surface area contributed by atoms with Crippen molar-refractivity contribution >= 4 is 16.9 Å². The summed E-state index contributed by atoms with van der Waals surface area (Å²) in [7, 11) is 0. The molecule has 0 fully saturated rings. The maximum absolute atomic E-state index is 11.7. The van der Waals surface area contributed by atoms with E-state index in [-0.39, 0.29) is 5.97 Å². The zero-order chi connectivity index (χ0) is 21.7. The number of rotatable bonds is 7. The maximum Gasteiger partial charge on any atom is 0.306 e. The highest BCUT2D eigenvalue weighted by atomic mass is 16.5. The summed E-state index contributed by atoms with van der Waals surface area (Å²) in [4.78, 5) is 11.7. The number of hydrogen-bond acceptors (Lipinski definition) is 4. The first kappa shape index (κ1) is 21.5. The van der Waals surface area contributed by atoms with Crippen molar-refractivity contribution < 1.29 is 18.7 Å². The molecule has 0 aliphatic carbocycles. The summed E-state index contributed by atoms with van der Waals surface area (Å²) in [5.74, 6) is 7.61. The van der Waals surface area contributed by atoms with Gasteiger partial charge in [0, 0.05) is 22.9 Å². The minimum Gasteiger partial charge on any atom is -0.488 e. The first-order valence-corrected chi connectivity index (χ1v) is 10.3. The molecule has 0 radical (unpaired) electrons. The third-order valence-electron chi connectivity index (χ3n) is 5.22. The van der Waals surface area contributed by atoms with Gasteiger partial charge in [0.15, 0.2) is 0 Å². The van der Waals surface area contributed by atoms with Crippen LogP contribution in [-0.4, -0.2) is 12.6 Å². The molecule has 3 rings (SSSR count). The Morgan fingerprint density at radius 3 is 2.60 bits per heavy atom. The number of aryl methyl sites for hydroxylation is 2. The lowest BCUT2D eigenvalue weighted by atomic mass is 9.99. The summed E-state index contributed by atoms with van der Waals surface area (Å²) < 4.78 is 17.1. The van der Waals surface area contributed by atoms with Crippen LogP contribution in [0, 0.1) is 32.6 Å². The van der Waals surface area contributed by atoms with Gasteiger partial charge in [0.2, 0.25) is 0 Å². The standard InChI is InChI=1S/C26H28O4/c1-6-8-20-14-22-13-17(3)30-26(22)23(15-20)16-29-24-11-9-21(18(4)19(24)5)10-12-25(27)28-7-2/h9,11,13-15H,7,10,12,16H2,1-5H3. The molecule has 1 aromatic heterocycles. The van der Waals surface area contributed by atoms with Crippen molar-refractivity contribution in [2.45, 2.75) is 54.1 Å². The number of furan rings is 1. The van der Waals surface area contributed by atoms with E-state index < -0.39 is 0 Å². The summed E-state index contributed by atoms with van der Waals surface area (Å²) in [6.45, 7) is 10.5. The molecule has 4 heteroatoms. The first-order valence-electron chi connectivity index (χ1n) is 10.3. The molecule has 0 spiro atoms. The molecule has 0 atom stereocenters. The fourth-order valence-corrected chi connectivity index (χ4v) is 3.58. The average molecular weight is 405 g/mol. The van der Waals surface area contributed by atoms with Crippen molar-refractivity contribution in [2.24, 2.45) is 0 Å². The van der Waals surface area contributed by atoms with Crippen LogP contribution in [0.2, 0.25) is 0 Å².